The molecule has 2 rings (SSSR count). The maximum absolute atomic E-state index is 11.9. The van der Waals surface area contributed by atoms with Crippen molar-refractivity contribution in [3.63, 3.8) is 0 Å². The van der Waals surface area contributed by atoms with Crippen LogP contribution in [-0.4, -0.2) is 23.3 Å². The molecule has 0 radical (unpaired) electrons. The van der Waals surface area contributed by atoms with E-state index in [2.05, 4.69) is 11.1 Å². The first-order valence-corrected chi connectivity index (χ1v) is 6.81. The Balaban J connectivity index is 1.82. The molecule has 0 saturated heterocycles. The van der Waals surface area contributed by atoms with Gasteiger partial charge in [-0.2, -0.15) is 0 Å². The van der Waals surface area contributed by atoms with E-state index in [0.717, 1.165) is 18.5 Å². The summed E-state index contributed by atoms with van der Waals surface area (Å²) in [4.78, 5) is 27.5. The molecule has 1 aromatic heterocycles. The Bertz CT molecular complexity index is 470. The highest BCUT2D eigenvalue weighted by Gasteiger charge is 2.25. The summed E-state index contributed by atoms with van der Waals surface area (Å²) >= 11 is 0. The second-order valence-electron chi connectivity index (χ2n) is 4.83. The molecule has 102 valence electrons. The van der Waals surface area contributed by atoms with E-state index in [-0.39, 0.29) is 30.5 Å². The van der Waals surface area contributed by atoms with Gasteiger partial charge >= 0.3 is 5.97 Å². The monoisotopic (exact) mass is 261 g/mol. The summed E-state index contributed by atoms with van der Waals surface area (Å²) < 4.78 is 4.82. The first-order valence-electron chi connectivity index (χ1n) is 6.81. The van der Waals surface area contributed by atoms with Crippen molar-refractivity contribution in [1.29, 1.82) is 0 Å². The molecule has 1 atom stereocenters. The molecule has 1 aliphatic carbocycles. The molecule has 0 spiro atoms. The summed E-state index contributed by atoms with van der Waals surface area (Å²) in [5, 5.41) is 0. The Kier molecular flexibility index (Phi) is 4.66. The number of esters is 1. The van der Waals surface area contributed by atoms with Crippen molar-refractivity contribution in [3.05, 3.63) is 29.6 Å². The van der Waals surface area contributed by atoms with Gasteiger partial charge in [-0.3, -0.25) is 14.6 Å². The van der Waals surface area contributed by atoms with Gasteiger partial charge < -0.3 is 4.74 Å². The number of rotatable bonds is 6. The second kappa shape index (κ2) is 6.45. The smallest absolute Gasteiger partial charge is 0.306 e. The fraction of sp³-hybridized carbons (Fsp3) is 0.533. The Labute approximate surface area is 113 Å². The Morgan fingerprint density at radius 2 is 2.26 bits per heavy atom. The summed E-state index contributed by atoms with van der Waals surface area (Å²) in [5.74, 6) is 0.0586. The number of pyridine rings is 1. The fourth-order valence-electron chi connectivity index (χ4n) is 2.55. The van der Waals surface area contributed by atoms with Gasteiger partial charge in [0.2, 0.25) is 0 Å². The van der Waals surface area contributed by atoms with Crippen molar-refractivity contribution >= 4 is 11.8 Å². The van der Waals surface area contributed by atoms with Gasteiger partial charge in [-0.15, -0.1) is 0 Å². The van der Waals surface area contributed by atoms with E-state index in [0.29, 0.717) is 13.0 Å². The van der Waals surface area contributed by atoms with Gasteiger partial charge in [0.15, 0.2) is 0 Å². The van der Waals surface area contributed by atoms with Gasteiger partial charge in [0.1, 0.15) is 5.78 Å². The van der Waals surface area contributed by atoms with Crippen molar-refractivity contribution in [3.8, 4) is 0 Å². The number of carbonyl (C=O) groups excluding carboxylic acids is 2. The number of hydrogen-bond donors (Lipinski definition) is 0. The van der Waals surface area contributed by atoms with Crippen LogP contribution in [0.2, 0.25) is 0 Å². The molecular formula is C15H19NO3. The van der Waals surface area contributed by atoms with Crippen molar-refractivity contribution in [2.45, 2.75) is 44.9 Å². The van der Waals surface area contributed by atoms with Crippen LogP contribution in [-0.2, 0) is 20.7 Å². The zero-order chi connectivity index (χ0) is 13.7. The van der Waals surface area contributed by atoms with Crippen LogP contribution in [0.5, 0.6) is 0 Å². The third-order valence-corrected chi connectivity index (χ3v) is 3.46. The summed E-state index contributed by atoms with van der Waals surface area (Å²) in [6.07, 6.45) is 4.71. The number of aryl methyl sites for hydroxylation is 1. The zero-order valence-electron chi connectivity index (χ0n) is 11.2. The van der Waals surface area contributed by atoms with Crippen LogP contribution in [0.15, 0.2) is 18.3 Å². The molecule has 0 aliphatic heterocycles. The number of ether oxygens (including phenoxy) is 1. The third kappa shape index (κ3) is 3.63. The maximum Gasteiger partial charge on any atom is 0.306 e. The average molecular weight is 261 g/mol. The van der Waals surface area contributed by atoms with E-state index < -0.39 is 0 Å². The van der Waals surface area contributed by atoms with Gasteiger partial charge in [0.05, 0.1) is 13.0 Å². The molecule has 0 N–H and O–H groups in total. The molecule has 1 unspecified atom stereocenters. The first-order chi connectivity index (χ1) is 9.20. The van der Waals surface area contributed by atoms with Gasteiger partial charge in [-0.05, 0) is 31.4 Å². The Hall–Kier alpha value is -1.71. The van der Waals surface area contributed by atoms with E-state index in [9.17, 15) is 9.59 Å². The number of nitrogens with zero attached hydrogens (tertiary/aromatic N) is 1. The molecule has 0 saturated carbocycles. The lowest BCUT2D eigenvalue weighted by Gasteiger charge is -2.09. The van der Waals surface area contributed by atoms with Crippen LogP contribution in [0.4, 0.5) is 0 Å². The van der Waals surface area contributed by atoms with E-state index in [4.69, 9.17) is 4.74 Å². The van der Waals surface area contributed by atoms with Crippen LogP contribution in [0.3, 0.4) is 0 Å². The molecule has 0 fully saturated rings. The number of ketones is 1. The normalized spacial score (nSPS) is 17.0. The maximum atomic E-state index is 11.9. The molecule has 19 heavy (non-hydrogen) atoms. The summed E-state index contributed by atoms with van der Waals surface area (Å²) in [5.41, 5.74) is 2.32. The molecule has 1 aromatic rings. The third-order valence-electron chi connectivity index (χ3n) is 3.46. The van der Waals surface area contributed by atoms with Crippen molar-refractivity contribution in [2.75, 3.05) is 6.61 Å². The number of fused-ring (bicyclic) bond motifs is 1. The minimum Gasteiger partial charge on any atom is -0.466 e. The predicted molar refractivity (Wildman–Crippen MR) is 70.8 cm³/mol. The number of aromatic nitrogens is 1. The quantitative estimate of drug-likeness (QED) is 0.738. The highest BCUT2D eigenvalue weighted by molar-refractivity contribution is 5.83. The average Bonchev–Trinajstić information content (AvgIpc) is 2.80. The highest BCUT2D eigenvalue weighted by Crippen LogP contribution is 2.33. The van der Waals surface area contributed by atoms with Crippen LogP contribution >= 0.6 is 0 Å². The minimum absolute atomic E-state index is 0.122. The summed E-state index contributed by atoms with van der Waals surface area (Å²) in [6.45, 7) is 2.13. The fourth-order valence-corrected chi connectivity index (χ4v) is 2.55. The van der Waals surface area contributed by atoms with Gasteiger partial charge in [0.25, 0.3) is 0 Å². The summed E-state index contributed by atoms with van der Waals surface area (Å²) in [6, 6.07) is 4.01. The molecule has 0 bridgehead atoms. The Morgan fingerprint density at radius 3 is 3.05 bits per heavy atom. The van der Waals surface area contributed by atoms with Crippen molar-refractivity contribution in [1.82, 2.24) is 4.98 Å². The molecule has 4 heteroatoms. The van der Waals surface area contributed by atoms with Gasteiger partial charge in [0, 0.05) is 30.7 Å². The number of Topliss-reactive ketones (excluding diaryl/α,β-unsaturated/α-hetero) is 1. The largest absolute Gasteiger partial charge is 0.466 e. The SMILES string of the molecule is CCOC(=O)CCC(=O)CC1CCc2cccnc21. The first kappa shape index (κ1) is 13.7. The second-order valence-corrected chi connectivity index (χ2v) is 4.83. The van der Waals surface area contributed by atoms with Crippen LogP contribution in [0.25, 0.3) is 0 Å². The van der Waals surface area contributed by atoms with Crippen molar-refractivity contribution in [2.24, 2.45) is 0 Å². The van der Waals surface area contributed by atoms with Gasteiger partial charge in [-0.1, -0.05) is 6.07 Å². The van der Waals surface area contributed by atoms with Crippen LogP contribution in [0.1, 0.15) is 49.8 Å². The minimum atomic E-state index is -0.291. The molecule has 1 aliphatic rings. The lowest BCUT2D eigenvalue weighted by Crippen LogP contribution is -2.10. The molecule has 1 heterocycles. The Morgan fingerprint density at radius 1 is 1.42 bits per heavy atom. The van der Waals surface area contributed by atoms with E-state index >= 15 is 0 Å². The molecule has 4 nitrogen and oxygen atoms in total. The highest BCUT2D eigenvalue weighted by atomic mass is 16.5. The molecular weight excluding hydrogens is 242 g/mol. The number of carbonyl (C=O) groups is 2. The van der Waals surface area contributed by atoms with Crippen molar-refractivity contribution < 1.29 is 14.3 Å². The lowest BCUT2D eigenvalue weighted by atomic mass is 9.97. The topological polar surface area (TPSA) is 56.3 Å². The van der Waals surface area contributed by atoms with E-state index in [1.165, 1.54) is 5.56 Å². The van der Waals surface area contributed by atoms with Crippen LogP contribution < -0.4 is 0 Å². The number of hydrogen-bond acceptors (Lipinski definition) is 4. The van der Waals surface area contributed by atoms with E-state index in [1.807, 2.05) is 6.07 Å². The summed E-state index contributed by atoms with van der Waals surface area (Å²) in [7, 11) is 0. The molecule has 0 amide bonds. The predicted octanol–water partition coefficient (Wildman–Crippen LogP) is 2.41. The van der Waals surface area contributed by atoms with Gasteiger partial charge in [-0.25, -0.2) is 0 Å². The zero-order valence-corrected chi connectivity index (χ0v) is 11.2. The standard InChI is InChI=1S/C15H19NO3/c1-2-19-14(18)8-7-13(17)10-12-6-5-11-4-3-9-16-15(11)12/h3-4,9,12H,2,5-8,10H2,1H3. The van der Waals surface area contributed by atoms with E-state index in [1.54, 1.807) is 13.1 Å². The molecule has 0 aromatic carbocycles. The van der Waals surface area contributed by atoms with Crippen LogP contribution in [0, 0.1) is 0 Å². The lowest BCUT2D eigenvalue weighted by molar-refractivity contribution is -0.144.